The van der Waals surface area contributed by atoms with E-state index in [1.807, 2.05) is 0 Å². The second kappa shape index (κ2) is 61.9. The fraction of sp³-hybridized carbons (Fsp3) is 0.721. The van der Waals surface area contributed by atoms with Gasteiger partial charge in [-0.25, -0.2) is 0 Å². The van der Waals surface area contributed by atoms with Crippen molar-refractivity contribution >= 4 is 17.9 Å². The van der Waals surface area contributed by atoms with Crippen molar-refractivity contribution in [3.05, 3.63) is 97.2 Å². The van der Waals surface area contributed by atoms with Crippen LogP contribution in [0.4, 0.5) is 0 Å². The lowest BCUT2D eigenvalue weighted by atomic mass is 10.1. The van der Waals surface area contributed by atoms with E-state index in [-0.39, 0.29) is 31.1 Å². The summed E-state index contributed by atoms with van der Waals surface area (Å²) in [6.07, 6.45) is 82.6. The molecule has 1 unspecified atom stereocenters. The average molecular weight is 1030 g/mol. The first-order valence-electron chi connectivity index (χ1n) is 31.2. The average Bonchev–Trinajstić information content (AvgIpc) is 3.40. The number of hydrogen-bond donors (Lipinski definition) is 0. The van der Waals surface area contributed by atoms with Crippen LogP contribution >= 0.6 is 0 Å². The summed E-state index contributed by atoms with van der Waals surface area (Å²) < 4.78 is 16.9. The Labute approximate surface area is 457 Å². The lowest BCUT2D eigenvalue weighted by Gasteiger charge is -2.18. The van der Waals surface area contributed by atoms with Crippen LogP contribution in [0.25, 0.3) is 0 Å². The van der Waals surface area contributed by atoms with Gasteiger partial charge in [-0.15, -0.1) is 0 Å². The highest BCUT2D eigenvalue weighted by atomic mass is 16.6. The summed E-state index contributed by atoms with van der Waals surface area (Å²) in [6.45, 7) is 6.48. The van der Waals surface area contributed by atoms with Crippen LogP contribution in [0.2, 0.25) is 0 Å². The number of carbonyl (C=O) groups is 3. The lowest BCUT2D eigenvalue weighted by Crippen LogP contribution is -2.30. The van der Waals surface area contributed by atoms with E-state index in [1.54, 1.807) is 0 Å². The maximum Gasteiger partial charge on any atom is 0.306 e. The van der Waals surface area contributed by atoms with Crippen molar-refractivity contribution in [1.82, 2.24) is 0 Å². The first-order chi connectivity index (χ1) is 36.5. The van der Waals surface area contributed by atoms with Gasteiger partial charge in [0.15, 0.2) is 6.10 Å². The van der Waals surface area contributed by atoms with Crippen molar-refractivity contribution in [2.24, 2.45) is 0 Å². The summed E-state index contributed by atoms with van der Waals surface area (Å²) in [5, 5.41) is 0. The van der Waals surface area contributed by atoms with E-state index >= 15 is 0 Å². The number of hydrogen-bond acceptors (Lipinski definition) is 6. The normalized spacial score (nSPS) is 12.7. The first-order valence-corrected chi connectivity index (χ1v) is 31.2. The van der Waals surface area contributed by atoms with Crippen molar-refractivity contribution in [1.29, 1.82) is 0 Å². The summed E-state index contributed by atoms with van der Waals surface area (Å²) in [5.41, 5.74) is 0. The zero-order chi connectivity index (χ0) is 53.6. The van der Waals surface area contributed by atoms with Crippen LogP contribution in [0, 0.1) is 0 Å². The molecule has 0 amide bonds. The zero-order valence-electron chi connectivity index (χ0n) is 48.6. The molecule has 0 radical (unpaired) electrons. The Morgan fingerprint density at radius 1 is 0.284 bits per heavy atom. The predicted molar refractivity (Wildman–Crippen MR) is 320 cm³/mol. The summed E-state index contributed by atoms with van der Waals surface area (Å²) in [4.78, 5) is 38.3. The fourth-order valence-electron chi connectivity index (χ4n) is 8.60. The number of unbranched alkanes of at least 4 members (excludes halogenated alkanes) is 29. The topological polar surface area (TPSA) is 78.9 Å². The van der Waals surface area contributed by atoms with Crippen LogP contribution in [0.3, 0.4) is 0 Å². The largest absolute Gasteiger partial charge is 0.462 e. The SMILES string of the molecule is CC/C=C\C/C=C\C/C=C\C/C=C\C/C=C\CCCCCCCC(=O)OCC(COC(=O)CCCCCCC/C=C\C/C=C\CCCC)OC(=O)CCCCCCCCCCC/C=C\CCCCCCCCCC. The molecule has 0 rings (SSSR count). The van der Waals surface area contributed by atoms with Crippen molar-refractivity contribution in [2.75, 3.05) is 13.2 Å². The van der Waals surface area contributed by atoms with Gasteiger partial charge in [0.05, 0.1) is 0 Å². The minimum Gasteiger partial charge on any atom is -0.462 e. The highest BCUT2D eigenvalue weighted by molar-refractivity contribution is 5.71. The predicted octanol–water partition coefficient (Wildman–Crippen LogP) is 21.3. The third-order valence-corrected chi connectivity index (χ3v) is 13.3. The number of allylic oxidation sites excluding steroid dienone is 16. The second-order valence-electron chi connectivity index (χ2n) is 20.6. The van der Waals surface area contributed by atoms with Gasteiger partial charge in [-0.05, 0) is 116 Å². The van der Waals surface area contributed by atoms with Gasteiger partial charge in [0, 0.05) is 19.3 Å². The molecule has 0 aliphatic heterocycles. The molecule has 6 heteroatoms. The van der Waals surface area contributed by atoms with Gasteiger partial charge in [0.1, 0.15) is 13.2 Å². The fourth-order valence-corrected chi connectivity index (χ4v) is 8.60. The highest BCUT2D eigenvalue weighted by Crippen LogP contribution is 2.15. The monoisotopic (exact) mass is 1030 g/mol. The van der Waals surface area contributed by atoms with E-state index in [2.05, 4.69) is 118 Å². The van der Waals surface area contributed by atoms with E-state index in [9.17, 15) is 14.4 Å². The molecule has 0 spiro atoms. The summed E-state index contributed by atoms with van der Waals surface area (Å²) in [5.74, 6) is -0.918. The molecule has 0 aliphatic rings. The van der Waals surface area contributed by atoms with Gasteiger partial charge >= 0.3 is 17.9 Å². The lowest BCUT2D eigenvalue weighted by molar-refractivity contribution is -0.167. The smallest absolute Gasteiger partial charge is 0.306 e. The maximum atomic E-state index is 12.9. The number of carbonyl (C=O) groups excluding carboxylic acids is 3. The minimum absolute atomic E-state index is 0.0918. The van der Waals surface area contributed by atoms with E-state index < -0.39 is 6.10 Å². The quantitative estimate of drug-likeness (QED) is 0.0261. The summed E-state index contributed by atoms with van der Waals surface area (Å²) in [6, 6.07) is 0. The molecular formula is C68H116O6. The molecule has 0 saturated carbocycles. The Bertz CT molecular complexity index is 1460. The van der Waals surface area contributed by atoms with Crippen molar-refractivity contribution in [3.8, 4) is 0 Å². The maximum absolute atomic E-state index is 12.9. The van der Waals surface area contributed by atoms with Gasteiger partial charge in [0.25, 0.3) is 0 Å². The molecule has 0 aliphatic carbocycles. The van der Waals surface area contributed by atoms with Crippen LogP contribution in [0.1, 0.15) is 297 Å². The zero-order valence-corrected chi connectivity index (χ0v) is 48.6. The first kappa shape index (κ1) is 70.3. The standard InChI is InChI=1S/C68H116O6/c1-4-7-10-13-16-19-22-25-28-30-32-34-36-38-40-43-46-49-52-55-58-61-67(70)73-64-65(63-72-66(69)60-57-54-51-48-45-42-27-24-21-18-15-12-9-6-3)74-68(71)62-59-56-53-50-47-44-41-39-37-35-33-31-29-26-23-20-17-14-11-8-5-2/h7,10,15-16,18-19,24-25,27-28,31-34,38,40,65H,4-6,8-9,11-14,17,20-23,26,29-30,35-37,39,41-64H2,1-3H3/b10-7-,18-15-,19-16-,27-24-,28-25-,33-31-,34-32-,40-38-. The van der Waals surface area contributed by atoms with Crippen molar-refractivity contribution in [3.63, 3.8) is 0 Å². The Balaban J connectivity index is 4.41. The molecule has 0 heterocycles. The van der Waals surface area contributed by atoms with Crippen molar-refractivity contribution in [2.45, 2.75) is 303 Å². The number of ether oxygens (including phenoxy) is 3. The van der Waals surface area contributed by atoms with Crippen LogP contribution in [-0.2, 0) is 28.6 Å². The molecule has 0 bridgehead atoms. The molecule has 424 valence electrons. The number of esters is 3. The van der Waals surface area contributed by atoms with Gasteiger partial charge in [-0.1, -0.05) is 259 Å². The summed E-state index contributed by atoms with van der Waals surface area (Å²) >= 11 is 0. The van der Waals surface area contributed by atoms with E-state index in [4.69, 9.17) is 14.2 Å². The molecular weight excluding hydrogens is 913 g/mol. The third kappa shape index (κ3) is 59.2. The highest BCUT2D eigenvalue weighted by Gasteiger charge is 2.19. The molecule has 0 aromatic rings. The molecule has 6 nitrogen and oxygen atoms in total. The summed E-state index contributed by atoms with van der Waals surface area (Å²) in [7, 11) is 0. The van der Waals surface area contributed by atoms with E-state index in [1.165, 1.54) is 122 Å². The van der Waals surface area contributed by atoms with Gasteiger partial charge in [-0.3, -0.25) is 14.4 Å². The van der Waals surface area contributed by atoms with Crippen LogP contribution < -0.4 is 0 Å². The van der Waals surface area contributed by atoms with Crippen LogP contribution in [-0.4, -0.2) is 37.2 Å². The number of rotatable bonds is 56. The second-order valence-corrected chi connectivity index (χ2v) is 20.6. The van der Waals surface area contributed by atoms with E-state index in [0.29, 0.717) is 19.3 Å². The Morgan fingerprint density at radius 2 is 0.541 bits per heavy atom. The Kier molecular flexibility index (Phi) is 58.8. The Morgan fingerprint density at radius 3 is 0.878 bits per heavy atom. The third-order valence-electron chi connectivity index (χ3n) is 13.3. The van der Waals surface area contributed by atoms with Crippen molar-refractivity contribution < 1.29 is 28.6 Å². The molecule has 1 atom stereocenters. The molecule has 0 saturated heterocycles. The Hall–Kier alpha value is -3.67. The van der Waals surface area contributed by atoms with Gasteiger partial charge in [0.2, 0.25) is 0 Å². The molecule has 74 heavy (non-hydrogen) atoms. The minimum atomic E-state index is -0.795. The molecule has 0 N–H and O–H groups in total. The molecule has 0 fully saturated rings. The van der Waals surface area contributed by atoms with Gasteiger partial charge < -0.3 is 14.2 Å². The van der Waals surface area contributed by atoms with Crippen LogP contribution in [0.15, 0.2) is 97.2 Å². The molecule has 0 aromatic heterocycles. The van der Waals surface area contributed by atoms with Crippen LogP contribution in [0.5, 0.6) is 0 Å². The molecule has 0 aromatic carbocycles. The van der Waals surface area contributed by atoms with Gasteiger partial charge in [-0.2, -0.15) is 0 Å². The van der Waals surface area contributed by atoms with E-state index in [0.717, 1.165) is 135 Å².